The Hall–Kier alpha value is -1.95. The van der Waals surface area contributed by atoms with Crippen molar-refractivity contribution in [3.63, 3.8) is 0 Å². The molecule has 26 heavy (non-hydrogen) atoms. The molecular formula is C18H23N3O4S. The number of rotatable bonds is 4. The monoisotopic (exact) mass is 377 g/mol. The number of amides is 1. The Morgan fingerprint density at radius 2 is 2.04 bits per heavy atom. The predicted molar refractivity (Wildman–Crippen MR) is 94.8 cm³/mol. The number of piperidine rings is 1. The molecule has 3 rings (SSSR count). The first-order valence-electron chi connectivity index (χ1n) is 8.88. The van der Waals surface area contributed by atoms with Gasteiger partial charge in [-0.3, -0.25) is 4.79 Å². The summed E-state index contributed by atoms with van der Waals surface area (Å²) in [7, 11) is -3.69. The smallest absolute Gasteiger partial charge is 0.253 e. The van der Waals surface area contributed by atoms with Gasteiger partial charge in [-0.05, 0) is 43.9 Å². The summed E-state index contributed by atoms with van der Waals surface area (Å²) in [6.07, 6.45) is 2.86. The van der Waals surface area contributed by atoms with Gasteiger partial charge in [-0.25, -0.2) is 13.1 Å². The number of carbonyl (C=O) groups is 1. The van der Waals surface area contributed by atoms with Gasteiger partial charge in [-0.15, -0.1) is 0 Å². The molecule has 0 aliphatic carbocycles. The van der Waals surface area contributed by atoms with Crippen LogP contribution in [0.5, 0.6) is 0 Å². The fourth-order valence-corrected chi connectivity index (χ4v) is 4.70. The van der Waals surface area contributed by atoms with E-state index in [0.717, 1.165) is 12.8 Å². The lowest BCUT2D eigenvalue weighted by Crippen LogP contribution is -2.40. The van der Waals surface area contributed by atoms with Crippen LogP contribution in [0.3, 0.4) is 0 Å². The Bertz CT molecular complexity index is 797. The molecule has 1 atom stereocenters. The lowest BCUT2D eigenvalue weighted by molar-refractivity contribution is 0.0698. The minimum atomic E-state index is -3.69. The van der Waals surface area contributed by atoms with Crippen LogP contribution < -0.4 is 4.72 Å². The zero-order valence-electron chi connectivity index (χ0n) is 14.6. The predicted octanol–water partition coefficient (Wildman–Crippen LogP) is 1.52. The molecule has 2 saturated heterocycles. The highest BCUT2D eigenvalue weighted by atomic mass is 32.2. The highest BCUT2D eigenvalue weighted by Gasteiger charge is 2.26. The van der Waals surface area contributed by atoms with Gasteiger partial charge < -0.3 is 9.64 Å². The van der Waals surface area contributed by atoms with Crippen LogP contribution in [0, 0.1) is 17.2 Å². The molecule has 0 spiro atoms. The first kappa shape index (κ1) is 18.8. The highest BCUT2D eigenvalue weighted by Crippen LogP contribution is 2.20. The van der Waals surface area contributed by atoms with Crippen molar-refractivity contribution in [1.82, 2.24) is 9.62 Å². The van der Waals surface area contributed by atoms with E-state index in [1.807, 2.05) is 0 Å². The zero-order chi connectivity index (χ0) is 18.6. The second kappa shape index (κ2) is 8.16. The molecule has 2 heterocycles. The number of nitrogens with zero attached hydrogens (tertiary/aromatic N) is 2. The van der Waals surface area contributed by atoms with Crippen LogP contribution in [0.2, 0.25) is 0 Å². The van der Waals surface area contributed by atoms with E-state index >= 15 is 0 Å². The molecule has 2 fully saturated rings. The number of carbonyl (C=O) groups excluding carboxylic acids is 1. The molecular weight excluding hydrogens is 354 g/mol. The molecule has 0 radical (unpaired) electrons. The van der Waals surface area contributed by atoms with Crippen LogP contribution in [0.25, 0.3) is 0 Å². The summed E-state index contributed by atoms with van der Waals surface area (Å²) < 4.78 is 33.2. The molecule has 0 bridgehead atoms. The SMILES string of the molecule is N#C[C@H]1CCCN(C(=O)c2cccc(S(=O)(=O)NC3CCOCC3)c2)C1. The number of sulfonamides is 1. The summed E-state index contributed by atoms with van der Waals surface area (Å²) in [5.74, 6) is -0.386. The molecule has 0 aromatic heterocycles. The maximum atomic E-state index is 12.7. The van der Waals surface area contributed by atoms with Crippen LogP contribution in [0.15, 0.2) is 29.2 Å². The van der Waals surface area contributed by atoms with Crippen LogP contribution in [0.4, 0.5) is 0 Å². The number of nitrogens with one attached hydrogen (secondary N) is 1. The molecule has 7 nitrogen and oxygen atoms in total. The van der Waals surface area contributed by atoms with Crippen LogP contribution in [0.1, 0.15) is 36.0 Å². The maximum absolute atomic E-state index is 12.7. The second-order valence-corrected chi connectivity index (χ2v) is 8.47. The first-order chi connectivity index (χ1) is 12.5. The van der Waals surface area contributed by atoms with Crippen LogP contribution in [-0.2, 0) is 14.8 Å². The third-order valence-corrected chi connectivity index (χ3v) is 6.34. The van der Waals surface area contributed by atoms with E-state index in [-0.39, 0.29) is 22.8 Å². The summed E-state index contributed by atoms with van der Waals surface area (Å²) in [5.41, 5.74) is 0.332. The van der Waals surface area contributed by atoms with E-state index < -0.39 is 10.0 Å². The summed E-state index contributed by atoms with van der Waals surface area (Å²) in [4.78, 5) is 14.4. The third kappa shape index (κ3) is 4.41. The molecule has 1 aromatic carbocycles. The Balaban J connectivity index is 1.74. The second-order valence-electron chi connectivity index (χ2n) is 6.76. The van der Waals surface area contributed by atoms with Gasteiger partial charge in [0.2, 0.25) is 10.0 Å². The minimum Gasteiger partial charge on any atom is -0.381 e. The number of ether oxygens (including phenoxy) is 1. The normalized spacial score (nSPS) is 22.0. The Kier molecular flexibility index (Phi) is 5.91. The van der Waals surface area contributed by atoms with Gasteiger partial charge in [0.1, 0.15) is 0 Å². The average Bonchev–Trinajstić information content (AvgIpc) is 2.68. The van der Waals surface area contributed by atoms with Gasteiger partial charge in [-0.2, -0.15) is 5.26 Å². The molecule has 1 amide bonds. The Morgan fingerprint density at radius 1 is 1.27 bits per heavy atom. The van der Waals surface area contributed by atoms with Gasteiger partial charge in [-0.1, -0.05) is 6.07 Å². The number of likely N-dealkylation sites (tertiary alicyclic amines) is 1. The Morgan fingerprint density at radius 3 is 2.77 bits per heavy atom. The minimum absolute atomic E-state index is 0.0867. The molecule has 0 unspecified atom stereocenters. The third-order valence-electron chi connectivity index (χ3n) is 4.83. The first-order valence-corrected chi connectivity index (χ1v) is 10.4. The fourth-order valence-electron chi connectivity index (χ4n) is 3.35. The zero-order valence-corrected chi connectivity index (χ0v) is 15.4. The maximum Gasteiger partial charge on any atom is 0.253 e. The van der Waals surface area contributed by atoms with Crippen LogP contribution in [-0.4, -0.2) is 51.6 Å². The van der Waals surface area contributed by atoms with E-state index in [2.05, 4.69) is 10.8 Å². The van der Waals surface area contributed by atoms with Crippen molar-refractivity contribution < 1.29 is 17.9 Å². The number of nitriles is 1. The molecule has 2 aliphatic heterocycles. The van der Waals surface area contributed by atoms with Gasteiger partial charge >= 0.3 is 0 Å². The molecule has 1 aromatic rings. The molecule has 2 aliphatic rings. The van der Waals surface area contributed by atoms with Crippen molar-refractivity contribution >= 4 is 15.9 Å². The summed E-state index contributed by atoms with van der Waals surface area (Å²) >= 11 is 0. The molecule has 1 N–H and O–H groups in total. The van der Waals surface area contributed by atoms with E-state index in [4.69, 9.17) is 10.00 Å². The number of benzene rings is 1. The van der Waals surface area contributed by atoms with Crippen LogP contribution >= 0.6 is 0 Å². The van der Waals surface area contributed by atoms with Crippen molar-refractivity contribution in [3.05, 3.63) is 29.8 Å². The molecule has 140 valence electrons. The summed E-state index contributed by atoms with van der Waals surface area (Å²) in [6.45, 7) is 2.07. The van der Waals surface area contributed by atoms with E-state index in [9.17, 15) is 13.2 Å². The van der Waals surface area contributed by atoms with Gasteiger partial charge in [0.05, 0.1) is 16.9 Å². The Labute approximate surface area is 154 Å². The van der Waals surface area contributed by atoms with Crippen molar-refractivity contribution in [1.29, 1.82) is 5.26 Å². The van der Waals surface area contributed by atoms with E-state index in [0.29, 0.717) is 44.7 Å². The van der Waals surface area contributed by atoms with E-state index in [1.165, 1.54) is 12.1 Å². The van der Waals surface area contributed by atoms with Gasteiger partial charge in [0.25, 0.3) is 5.91 Å². The fraction of sp³-hybridized carbons (Fsp3) is 0.556. The quantitative estimate of drug-likeness (QED) is 0.858. The highest BCUT2D eigenvalue weighted by molar-refractivity contribution is 7.89. The average molecular weight is 377 g/mol. The van der Waals surface area contributed by atoms with Gasteiger partial charge in [0.15, 0.2) is 0 Å². The van der Waals surface area contributed by atoms with Crippen molar-refractivity contribution in [3.8, 4) is 6.07 Å². The standard InChI is InChI=1S/C18H23N3O4S/c19-12-14-3-2-8-21(13-14)18(22)15-4-1-5-17(11-15)26(23,24)20-16-6-9-25-10-7-16/h1,4-5,11,14,16,20H,2-3,6-10,13H2/t14-/m1/s1. The number of hydrogen-bond donors (Lipinski definition) is 1. The lowest BCUT2D eigenvalue weighted by atomic mass is 9.99. The van der Waals surface area contributed by atoms with E-state index in [1.54, 1.807) is 17.0 Å². The van der Waals surface area contributed by atoms with Crippen molar-refractivity contribution in [2.75, 3.05) is 26.3 Å². The lowest BCUT2D eigenvalue weighted by Gasteiger charge is -2.29. The van der Waals surface area contributed by atoms with Gasteiger partial charge in [0, 0.05) is 37.9 Å². The summed E-state index contributed by atoms with van der Waals surface area (Å²) in [6, 6.07) is 8.17. The van der Waals surface area contributed by atoms with Crippen molar-refractivity contribution in [2.24, 2.45) is 5.92 Å². The topological polar surface area (TPSA) is 99.5 Å². The number of hydrogen-bond acceptors (Lipinski definition) is 5. The largest absolute Gasteiger partial charge is 0.381 e. The van der Waals surface area contributed by atoms with Crippen molar-refractivity contribution in [2.45, 2.75) is 36.6 Å². The molecule has 8 heteroatoms. The molecule has 0 saturated carbocycles. The summed E-state index contributed by atoms with van der Waals surface area (Å²) in [5, 5.41) is 9.08.